The zero-order valence-electron chi connectivity index (χ0n) is 21.5. The highest BCUT2D eigenvalue weighted by Crippen LogP contribution is 2.35. The second-order valence-electron chi connectivity index (χ2n) is 9.27. The maximum atomic E-state index is 14.1. The zero-order valence-corrected chi connectivity index (χ0v) is 21.5. The number of rotatable bonds is 10. The first kappa shape index (κ1) is 29.2. The van der Waals surface area contributed by atoms with Crippen molar-refractivity contribution in [2.24, 2.45) is 0 Å². The Morgan fingerprint density at radius 3 is 2.31 bits per heavy atom. The van der Waals surface area contributed by atoms with Crippen LogP contribution in [-0.4, -0.2) is 36.4 Å². The van der Waals surface area contributed by atoms with Gasteiger partial charge in [-0.1, -0.05) is 35.9 Å². The molecule has 0 unspecified atom stereocenters. The minimum Gasteiger partial charge on any atom is -0.478 e. The molecule has 0 atom stereocenters. The summed E-state index contributed by atoms with van der Waals surface area (Å²) in [5.41, 5.74) is 3.02. The number of carbonyl (C=O) groups is 2. The van der Waals surface area contributed by atoms with E-state index in [0.717, 1.165) is 23.8 Å². The van der Waals surface area contributed by atoms with E-state index in [2.05, 4.69) is 17.2 Å². The number of carbonyl (C=O) groups excluding carboxylic acids is 1. The lowest BCUT2D eigenvalue weighted by Crippen LogP contribution is -2.29. The van der Waals surface area contributed by atoms with Crippen LogP contribution in [0.1, 0.15) is 35.7 Å². The molecule has 6 nitrogen and oxygen atoms in total. The summed E-state index contributed by atoms with van der Waals surface area (Å²) in [5.74, 6) is -1.92. The normalized spacial score (nSPS) is 11.1. The molecule has 0 aliphatic carbocycles. The van der Waals surface area contributed by atoms with Crippen molar-refractivity contribution in [3.8, 4) is 11.1 Å². The average Bonchev–Trinajstić information content (AvgIpc) is 2.83. The number of alkyl halides is 3. The standard InChI is InChI=1S/C29H29F4N3O3/c1-18(2)17-36(14-4-13-29(31,32)33)26-12-7-20(24-16-21(30)8-11-23(24)27(37)38)15-25(26)35-28(39)34-22-9-5-19(3)6-10-22/h5-12,15-16H,1,4,13-14,17H2,2-3H3,(H,37,38)(H2,34,35,39). The van der Waals surface area contributed by atoms with E-state index in [9.17, 15) is 32.3 Å². The first-order valence-corrected chi connectivity index (χ1v) is 12.1. The van der Waals surface area contributed by atoms with E-state index in [-0.39, 0.29) is 36.3 Å². The van der Waals surface area contributed by atoms with Gasteiger partial charge >= 0.3 is 18.2 Å². The molecule has 10 heteroatoms. The Labute approximate surface area is 224 Å². The lowest BCUT2D eigenvalue weighted by molar-refractivity contribution is -0.135. The molecule has 0 spiro atoms. The number of carboxylic acid groups (broad SMARTS) is 1. The molecule has 0 saturated carbocycles. The van der Waals surface area contributed by atoms with E-state index in [1.54, 1.807) is 30.0 Å². The van der Waals surface area contributed by atoms with Crippen LogP contribution >= 0.6 is 0 Å². The highest BCUT2D eigenvalue weighted by atomic mass is 19.4. The average molecular weight is 544 g/mol. The third-order valence-electron chi connectivity index (χ3n) is 5.77. The predicted octanol–water partition coefficient (Wildman–Crippen LogP) is 7.87. The second kappa shape index (κ2) is 12.5. The molecule has 0 fully saturated rings. The third kappa shape index (κ3) is 8.59. The quantitative estimate of drug-likeness (QED) is 0.180. The van der Waals surface area contributed by atoms with E-state index in [1.807, 2.05) is 19.1 Å². The molecule has 0 radical (unpaired) electrons. The van der Waals surface area contributed by atoms with Gasteiger partial charge in [0, 0.05) is 25.2 Å². The summed E-state index contributed by atoms with van der Waals surface area (Å²) in [6.45, 7) is 7.72. The van der Waals surface area contributed by atoms with Crippen LogP contribution in [0, 0.1) is 12.7 Å². The van der Waals surface area contributed by atoms with Gasteiger partial charge in [-0.25, -0.2) is 14.0 Å². The Morgan fingerprint density at radius 2 is 1.69 bits per heavy atom. The molecule has 0 aliphatic rings. The molecule has 0 heterocycles. The summed E-state index contributed by atoms with van der Waals surface area (Å²) in [4.78, 5) is 26.4. The van der Waals surface area contributed by atoms with Gasteiger partial charge in [0.2, 0.25) is 0 Å². The number of hydrogen-bond donors (Lipinski definition) is 3. The van der Waals surface area contributed by atoms with Crippen molar-refractivity contribution >= 4 is 29.1 Å². The minimum absolute atomic E-state index is 0.0142. The SMILES string of the molecule is C=C(C)CN(CCCC(F)(F)F)c1ccc(-c2cc(F)ccc2C(=O)O)cc1NC(=O)Nc1ccc(C)cc1. The summed E-state index contributed by atoms with van der Waals surface area (Å²) in [7, 11) is 0. The molecule has 0 aromatic heterocycles. The lowest BCUT2D eigenvalue weighted by Gasteiger charge is -2.28. The van der Waals surface area contributed by atoms with Gasteiger partial charge in [0.05, 0.1) is 16.9 Å². The second-order valence-corrected chi connectivity index (χ2v) is 9.27. The first-order chi connectivity index (χ1) is 18.3. The number of benzene rings is 3. The molecule has 39 heavy (non-hydrogen) atoms. The van der Waals surface area contributed by atoms with Crippen molar-refractivity contribution in [1.29, 1.82) is 0 Å². The van der Waals surface area contributed by atoms with Crippen molar-refractivity contribution in [2.45, 2.75) is 32.9 Å². The van der Waals surface area contributed by atoms with Crippen LogP contribution in [-0.2, 0) is 0 Å². The van der Waals surface area contributed by atoms with Crippen LogP contribution in [0.15, 0.2) is 72.8 Å². The summed E-state index contributed by atoms with van der Waals surface area (Å²) >= 11 is 0. The number of halogens is 4. The van der Waals surface area contributed by atoms with E-state index in [0.29, 0.717) is 22.5 Å². The maximum Gasteiger partial charge on any atom is 0.389 e. The molecule has 206 valence electrons. The van der Waals surface area contributed by atoms with Crippen molar-refractivity contribution in [1.82, 2.24) is 0 Å². The highest BCUT2D eigenvalue weighted by molar-refractivity contribution is 6.03. The van der Waals surface area contributed by atoms with Crippen molar-refractivity contribution in [3.63, 3.8) is 0 Å². The first-order valence-electron chi connectivity index (χ1n) is 12.1. The third-order valence-corrected chi connectivity index (χ3v) is 5.77. The molecule has 2 amide bonds. The predicted molar refractivity (Wildman–Crippen MR) is 145 cm³/mol. The van der Waals surface area contributed by atoms with Crippen molar-refractivity contribution in [3.05, 3.63) is 89.8 Å². The van der Waals surface area contributed by atoms with Gasteiger partial charge in [-0.15, -0.1) is 0 Å². The van der Waals surface area contributed by atoms with Crippen LogP contribution in [0.25, 0.3) is 11.1 Å². The molecular weight excluding hydrogens is 514 g/mol. The van der Waals surface area contributed by atoms with E-state index < -0.39 is 30.4 Å². The molecule has 0 aliphatic heterocycles. The topological polar surface area (TPSA) is 81.7 Å². The smallest absolute Gasteiger partial charge is 0.389 e. The number of carboxylic acids is 1. The number of aryl methyl sites for hydroxylation is 1. The molecular formula is C29H29F4N3O3. The highest BCUT2D eigenvalue weighted by Gasteiger charge is 2.27. The van der Waals surface area contributed by atoms with Gasteiger partial charge in [0.1, 0.15) is 5.82 Å². The Balaban J connectivity index is 2.04. The summed E-state index contributed by atoms with van der Waals surface area (Å²) in [6, 6.07) is 14.2. The molecule has 3 rings (SSSR count). The maximum absolute atomic E-state index is 14.1. The van der Waals surface area contributed by atoms with E-state index in [1.165, 1.54) is 12.1 Å². The molecule has 3 aromatic rings. The largest absolute Gasteiger partial charge is 0.478 e. The minimum atomic E-state index is -4.32. The van der Waals surface area contributed by atoms with Gasteiger partial charge in [-0.05, 0) is 73.9 Å². The van der Waals surface area contributed by atoms with Crippen LogP contribution in [0.2, 0.25) is 0 Å². The Hall–Kier alpha value is -4.34. The Bertz CT molecular complexity index is 1350. The fraction of sp³-hybridized carbons (Fsp3) is 0.241. The molecule has 3 aromatic carbocycles. The number of nitrogens with zero attached hydrogens (tertiary/aromatic N) is 1. The summed E-state index contributed by atoms with van der Waals surface area (Å²) in [5, 5.41) is 15.0. The molecule has 0 bridgehead atoms. The van der Waals surface area contributed by atoms with Gasteiger partial charge in [-0.3, -0.25) is 0 Å². The van der Waals surface area contributed by atoms with Crippen LogP contribution in [0.4, 0.5) is 39.4 Å². The molecule has 0 saturated heterocycles. The number of amides is 2. The Kier molecular flexibility index (Phi) is 9.34. The van der Waals surface area contributed by atoms with E-state index >= 15 is 0 Å². The van der Waals surface area contributed by atoms with Crippen LogP contribution in [0.3, 0.4) is 0 Å². The number of nitrogens with one attached hydrogen (secondary N) is 2. The van der Waals surface area contributed by atoms with E-state index in [4.69, 9.17) is 0 Å². The fourth-order valence-electron chi connectivity index (χ4n) is 4.02. The Morgan fingerprint density at radius 1 is 1.00 bits per heavy atom. The van der Waals surface area contributed by atoms with Gasteiger partial charge in [0.15, 0.2) is 0 Å². The van der Waals surface area contributed by atoms with Gasteiger partial charge < -0.3 is 20.6 Å². The zero-order chi connectivity index (χ0) is 28.7. The number of urea groups is 1. The number of anilines is 3. The monoisotopic (exact) mass is 543 g/mol. The van der Waals surface area contributed by atoms with Gasteiger partial charge in [-0.2, -0.15) is 13.2 Å². The van der Waals surface area contributed by atoms with Crippen LogP contribution in [0.5, 0.6) is 0 Å². The lowest BCUT2D eigenvalue weighted by atomic mass is 9.98. The molecule has 3 N–H and O–H groups in total. The summed E-state index contributed by atoms with van der Waals surface area (Å²) in [6.07, 6.45) is -5.50. The van der Waals surface area contributed by atoms with Crippen molar-refractivity contribution in [2.75, 3.05) is 28.6 Å². The number of aromatic carboxylic acids is 1. The number of hydrogen-bond acceptors (Lipinski definition) is 3. The van der Waals surface area contributed by atoms with Crippen LogP contribution < -0.4 is 15.5 Å². The van der Waals surface area contributed by atoms with Gasteiger partial charge in [0.25, 0.3) is 0 Å². The summed E-state index contributed by atoms with van der Waals surface area (Å²) < 4.78 is 52.6. The fourth-order valence-corrected chi connectivity index (χ4v) is 4.02. The van der Waals surface area contributed by atoms with Crippen molar-refractivity contribution < 1.29 is 32.3 Å².